The smallest absolute Gasteiger partial charge is 0.220 e. The van der Waals surface area contributed by atoms with E-state index < -0.39 is 0 Å². The summed E-state index contributed by atoms with van der Waals surface area (Å²) in [6.07, 6.45) is 0. The predicted molar refractivity (Wildman–Crippen MR) is 210 cm³/mol. The Labute approximate surface area is 301 Å². The number of imidazole rings is 1. The van der Waals surface area contributed by atoms with Crippen molar-refractivity contribution in [3.8, 4) is 62.1 Å². The number of aromatic nitrogens is 5. The molecule has 1 aliphatic rings. The molecule has 6 nitrogen and oxygen atoms in total. The van der Waals surface area contributed by atoms with Crippen LogP contribution in [0.2, 0.25) is 0 Å². The van der Waals surface area contributed by atoms with Gasteiger partial charge in [-0.2, -0.15) is 0 Å². The summed E-state index contributed by atoms with van der Waals surface area (Å²) >= 11 is 0. The van der Waals surface area contributed by atoms with Gasteiger partial charge in [-0.05, 0) is 59.7 Å². The van der Waals surface area contributed by atoms with Gasteiger partial charge in [-0.15, -0.1) is 0 Å². The first kappa shape index (κ1) is 29.7. The summed E-state index contributed by atoms with van der Waals surface area (Å²) in [4.78, 5) is 22.7. The van der Waals surface area contributed by atoms with E-state index >= 15 is 0 Å². The molecule has 6 heteroatoms. The second-order valence-electron chi connectivity index (χ2n) is 12.7. The lowest BCUT2D eigenvalue weighted by Crippen LogP contribution is -2.14. The number of hydrogen-bond acceptors (Lipinski definition) is 5. The fourth-order valence-corrected chi connectivity index (χ4v) is 7.20. The Morgan fingerprint density at radius 2 is 0.827 bits per heavy atom. The second-order valence-corrected chi connectivity index (χ2v) is 12.7. The average Bonchev–Trinajstić information content (AvgIpc) is 3.55. The molecule has 0 bridgehead atoms. The fourth-order valence-electron chi connectivity index (χ4n) is 7.20. The van der Waals surface area contributed by atoms with Gasteiger partial charge >= 0.3 is 0 Å². The van der Waals surface area contributed by atoms with E-state index in [1.807, 2.05) is 48.5 Å². The van der Waals surface area contributed by atoms with Crippen LogP contribution in [0.4, 0.5) is 17.3 Å². The molecule has 7 aromatic carbocycles. The van der Waals surface area contributed by atoms with Crippen LogP contribution in [0.5, 0.6) is 0 Å². The van der Waals surface area contributed by atoms with Crippen molar-refractivity contribution in [1.29, 1.82) is 0 Å². The summed E-state index contributed by atoms with van der Waals surface area (Å²) in [7, 11) is 0. The SMILES string of the molecule is c1ccc(-c2nc(-c3ccc(N4c5ccccc5-c5ccccc5-n5c4nc4ccccc45)cc3)nc(-c3ccccc3-c3ccccc3)n2)cc1. The zero-order valence-electron chi connectivity index (χ0n) is 28.0. The molecule has 0 aliphatic carbocycles. The molecule has 0 amide bonds. The topological polar surface area (TPSA) is 59.7 Å². The molecule has 0 saturated carbocycles. The molecule has 0 fully saturated rings. The van der Waals surface area contributed by atoms with Crippen molar-refractivity contribution in [2.45, 2.75) is 0 Å². The first-order valence-corrected chi connectivity index (χ1v) is 17.3. The minimum atomic E-state index is 0.606. The predicted octanol–water partition coefficient (Wildman–Crippen LogP) is 11.3. The number of anilines is 3. The Morgan fingerprint density at radius 3 is 1.54 bits per heavy atom. The van der Waals surface area contributed by atoms with Crippen molar-refractivity contribution in [2.24, 2.45) is 0 Å². The van der Waals surface area contributed by atoms with Crippen LogP contribution in [0.3, 0.4) is 0 Å². The minimum absolute atomic E-state index is 0.606. The van der Waals surface area contributed by atoms with Crippen molar-refractivity contribution < 1.29 is 0 Å². The van der Waals surface area contributed by atoms with Crippen LogP contribution in [0, 0.1) is 0 Å². The molecule has 0 unspecified atom stereocenters. The Hall–Kier alpha value is -7.18. The number of rotatable bonds is 5. The van der Waals surface area contributed by atoms with E-state index in [1.165, 1.54) is 0 Å². The van der Waals surface area contributed by atoms with E-state index in [-0.39, 0.29) is 0 Å². The molecule has 1 aliphatic heterocycles. The van der Waals surface area contributed by atoms with Gasteiger partial charge in [0.05, 0.1) is 22.4 Å². The van der Waals surface area contributed by atoms with Crippen LogP contribution in [0.15, 0.2) is 182 Å². The van der Waals surface area contributed by atoms with Crippen LogP contribution in [-0.4, -0.2) is 24.5 Å². The summed E-state index contributed by atoms with van der Waals surface area (Å²) < 4.78 is 2.27. The third kappa shape index (κ3) is 4.96. The van der Waals surface area contributed by atoms with Crippen molar-refractivity contribution in [3.05, 3.63) is 182 Å². The summed E-state index contributed by atoms with van der Waals surface area (Å²) in [6, 6.07) is 62.7. The maximum absolute atomic E-state index is 5.23. The largest absolute Gasteiger partial charge is 0.280 e. The van der Waals surface area contributed by atoms with E-state index in [0.717, 1.165) is 73.0 Å². The van der Waals surface area contributed by atoms with Gasteiger partial charge in [0, 0.05) is 33.5 Å². The Morgan fingerprint density at radius 1 is 0.327 bits per heavy atom. The number of benzene rings is 7. The van der Waals surface area contributed by atoms with Gasteiger partial charge in [-0.1, -0.05) is 133 Å². The quantitative estimate of drug-likeness (QED) is 0.183. The second kappa shape index (κ2) is 12.3. The zero-order valence-corrected chi connectivity index (χ0v) is 28.0. The number of hydrogen-bond donors (Lipinski definition) is 0. The van der Waals surface area contributed by atoms with Gasteiger partial charge < -0.3 is 0 Å². The van der Waals surface area contributed by atoms with Crippen molar-refractivity contribution in [3.63, 3.8) is 0 Å². The highest BCUT2D eigenvalue weighted by Crippen LogP contribution is 2.47. The molecule has 2 aromatic heterocycles. The molecule has 0 atom stereocenters. The van der Waals surface area contributed by atoms with E-state index in [0.29, 0.717) is 17.5 Å². The number of nitrogens with zero attached hydrogens (tertiary/aromatic N) is 6. The monoisotopic (exact) mass is 666 g/mol. The van der Waals surface area contributed by atoms with Gasteiger partial charge in [-0.3, -0.25) is 9.47 Å². The minimum Gasteiger partial charge on any atom is -0.280 e. The Kier molecular flexibility index (Phi) is 7.03. The molecule has 0 saturated heterocycles. The Balaban J connectivity index is 1.14. The molecular formula is C46H30N6. The standard InChI is InChI=1S/C46H30N6/c1-3-15-31(16-4-1)35-19-7-8-22-38(35)45-49-43(32-17-5-2-6-18-32)48-44(50-45)33-27-29-34(30-28-33)51-40-24-12-9-20-36(40)37-21-10-13-25-41(37)52-42-26-14-11-23-39(42)47-46(51)52/h1-30H. The van der Waals surface area contributed by atoms with E-state index in [2.05, 4.69) is 143 Å². The van der Waals surface area contributed by atoms with Crippen LogP contribution in [-0.2, 0) is 0 Å². The van der Waals surface area contributed by atoms with Gasteiger partial charge in [-0.25, -0.2) is 19.9 Å². The average molecular weight is 667 g/mol. The van der Waals surface area contributed by atoms with E-state index in [9.17, 15) is 0 Å². The molecule has 0 radical (unpaired) electrons. The molecule has 10 rings (SSSR count). The van der Waals surface area contributed by atoms with Crippen molar-refractivity contribution >= 4 is 28.4 Å². The maximum atomic E-state index is 5.23. The van der Waals surface area contributed by atoms with Gasteiger partial charge in [0.15, 0.2) is 17.5 Å². The molecule has 52 heavy (non-hydrogen) atoms. The highest BCUT2D eigenvalue weighted by Gasteiger charge is 2.29. The number of fused-ring (bicyclic) bond motifs is 7. The van der Waals surface area contributed by atoms with Crippen LogP contribution >= 0.6 is 0 Å². The molecular weight excluding hydrogens is 637 g/mol. The van der Waals surface area contributed by atoms with E-state index in [1.54, 1.807) is 0 Å². The summed E-state index contributed by atoms with van der Waals surface area (Å²) in [5.74, 6) is 2.69. The van der Waals surface area contributed by atoms with Gasteiger partial charge in [0.2, 0.25) is 5.95 Å². The van der Waals surface area contributed by atoms with Gasteiger partial charge in [0.1, 0.15) is 0 Å². The Bertz CT molecular complexity index is 2740. The maximum Gasteiger partial charge on any atom is 0.220 e. The highest BCUT2D eigenvalue weighted by atomic mass is 15.3. The first-order chi connectivity index (χ1) is 25.8. The number of para-hydroxylation sites is 4. The molecule has 0 spiro atoms. The van der Waals surface area contributed by atoms with Crippen molar-refractivity contribution in [2.75, 3.05) is 4.90 Å². The lowest BCUT2D eigenvalue weighted by atomic mass is 9.99. The summed E-state index contributed by atoms with van der Waals surface area (Å²) in [5, 5.41) is 0. The highest BCUT2D eigenvalue weighted by molar-refractivity contribution is 5.96. The van der Waals surface area contributed by atoms with E-state index in [4.69, 9.17) is 19.9 Å². The molecule has 244 valence electrons. The zero-order chi connectivity index (χ0) is 34.4. The van der Waals surface area contributed by atoms with Gasteiger partial charge in [0.25, 0.3) is 0 Å². The fraction of sp³-hybridized carbons (Fsp3) is 0. The summed E-state index contributed by atoms with van der Waals surface area (Å²) in [6.45, 7) is 0. The normalized spacial score (nSPS) is 11.8. The first-order valence-electron chi connectivity index (χ1n) is 17.3. The molecule has 0 N–H and O–H groups in total. The lowest BCUT2D eigenvalue weighted by Gasteiger charge is -2.24. The lowest BCUT2D eigenvalue weighted by molar-refractivity contribution is 1.05. The van der Waals surface area contributed by atoms with Crippen molar-refractivity contribution in [1.82, 2.24) is 24.5 Å². The third-order valence-electron chi connectivity index (χ3n) is 9.63. The van der Waals surface area contributed by atoms with Crippen LogP contribution < -0.4 is 4.90 Å². The van der Waals surface area contributed by atoms with Crippen LogP contribution in [0.25, 0.3) is 73.1 Å². The molecule has 9 aromatic rings. The summed E-state index contributed by atoms with van der Waals surface area (Å²) in [5.41, 5.74) is 12.4. The van der Waals surface area contributed by atoms with Crippen LogP contribution in [0.1, 0.15) is 0 Å². The molecule has 3 heterocycles. The third-order valence-corrected chi connectivity index (χ3v) is 9.63.